The summed E-state index contributed by atoms with van der Waals surface area (Å²) >= 11 is 0. The van der Waals surface area contributed by atoms with E-state index in [-0.39, 0.29) is 6.04 Å². The Kier molecular flexibility index (Phi) is 3.57. The number of alkyl halides is 3. The zero-order valence-electron chi connectivity index (χ0n) is 9.26. The molecule has 1 heterocycles. The first-order valence-corrected chi connectivity index (χ1v) is 5.57. The molecule has 1 fully saturated rings. The van der Waals surface area contributed by atoms with E-state index in [0.717, 1.165) is 25.0 Å². The second-order valence-corrected chi connectivity index (χ2v) is 4.11. The molecule has 0 saturated carbocycles. The summed E-state index contributed by atoms with van der Waals surface area (Å²) in [4.78, 5) is 0. The van der Waals surface area contributed by atoms with Crippen LogP contribution in [0, 0.1) is 0 Å². The van der Waals surface area contributed by atoms with Crippen LogP contribution in [-0.4, -0.2) is 19.3 Å². The highest BCUT2D eigenvalue weighted by atomic mass is 19.4. The third-order valence-corrected chi connectivity index (χ3v) is 2.78. The van der Waals surface area contributed by atoms with E-state index < -0.39 is 11.7 Å². The van der Waals surface area contributed by atoms with Crippen molar-refractivity contribution < 1.29 is 17.9 Å². The van der Waals surface area contributed by atoms with Gasteiger partial charge in [-0.2, -0.15) is 13.2 Å². The molecule has 1 aliphatic rings. The van der Waals surface area contributed by atoms with Gasteiger partial charge < -0.3 is 10.1 Å². The normalized spacial score (nSPS) is 18.1. The predicted molar refractivity (Wildman–Crippen MR) is 58.9 cm³/mol. The number of benzene rings is 1. The molecule has 0 amide bonds. The maximum absolute atomic E-state index is 12.5. The second kappa shape index (κ2) is 4.96. The lowest BCUT2D eigenvalue weighted by atomic mass is 10.1. The maximum Gasteiger partial charge on any atom is 0.416 e. The lowest BCUT2D eigenvalue weighted by Crippen LogP contribution is -2.27. The van der Waals surface area contributed by atoms with E-state index in [1.54, 1.807) is 6.07 Å². The summed E-state index contributed by atoms with van der Waals surface area (Å²) in [5.41, 5.74) is -0.0960. The smallest absolute Gasteiger partial charge is 0.382 e. The first-order chi connectivity index (χ1) is 8.05. The molecule has 0 radical (unpaired) electrons. The molecule has 1 aromatic rings. The summed E-state index contributed by atoms with van der Waals surface area (Å²) < 4.78 is 42.7. The quantitative estimate of drug-likeness (QED) is 0.863. The van der Waals surface area contributed by atoms with Crippen molar-refractivity contribution in [1.82, 2.24) is 0 Å². The van der Waals surface area contributed by atoms with Crippen molar-refractivity contribution in [2.75, 3.05) is 18.5 Å². The van der Waals surface area contributed by atoms with E-state index >= 15 is 0 Å². The standard InChI is InChI=1S/C12H14F3NO/c13-12(14,15)9-2-1-3-11(8-9)16-10-4-6-17-7-5-10/h1-3,8,10,16H,4-7H2. The van der Waals surface area contributed by atoms with Crippen molar-refractivity contribution in [1.29, 1.82) is 0 Å². The summed E-state index contributed by atoms with van der Waals surface area (Å²) in [6, 6.07) is 5.51. The monoisotopic (exact) mass is 245 g/mol. The summed E-state index contributed by atoms with van der Waals surface area (Å²) in [5.74, 6) is 0. The van der Waals surface area contributed by atoms with Crippen LogP contribution in [0.4, 0.5) is 18.9 Å². The number of anilines is 1. The largest absolute Gasteiger partial charge is 0.416 e. The van der Waals surface area contributed by atoms with E-state index in [1.807, 2.05) is 0 Å². The fourth-order valence-electron chi connectivity index (χ4n) is 1.86. The van der Waals surface area contributed by atoms with Gasteiger partial charge in [0.25, 0.3) is 0 Å². The molecule has 0 aromatic heterocycles. The van der Waals surface area contributed by atoms with Gasteiger partial charge in [0.2, 0.25) is 0 Å². The van der Waals surface area contributed by atoms with Crippen LogP contribution >= 0.6 is 0 Å². The fourth-order valence-corrected chi connectivity index (χ4v) is 1.86. The van der Waals surface area contributed by atoms with Crippen LogP contribution in [-0.2, 0) is 10.9 Å². The molecule has 94 valence electrons. The Morgan fingerprint density at radius 1 is 1.18 bits per heavy atom. The Morgan fingerprint density at radius 3 is 2.53 bits per heavy atom. The number of ether oxygens (including phenoxy) is 1. The minimum Gasteiger partial charge on any atom is -0.382 e. The number of hydrogen-bond donors (Lipinski definition) is 1. The molecular weight excluding hydrogens is 231 g/mol. The molecule has 0 atom stereocenters. The van der Waals surface area contributed by atoms with Gasteiger partial charge in [0.05, 0.1) is 5.56 Å². The van der Waals surface area contributed by atoms with Crippen LogP contribution in [0.25, 0.3) is 0 Å². The van der Waals surface area contributed by atoms with Crippen molar-refractivity contribution >= 4 is 5.69 Å². The molecule has 0 spiro atoms. The number of hydrogen-bond acceptors (Lipinski definition) is 2. The van der Waals surface area contributed by atoms with E-state index in [0.29, 0.717) is 18.9 Å². The van der Waals surface area contributed by atoms with Gasteiger partial charge in [0.1, 0.15) is 0 Å². The first kappa shape index (κ1) is 12.2. The van der Waals surface area contributed by atoms with Gasteiger partial charge in [0.15, 0.2) is 0 Å². The summed E-state index contributed by atoms with van der Waals surface area (Å²) in [5, 5.41) is 3.11. The molecule has 1 aliphatic heterocycles. The van der Waals surface area contributed by atoms with Crippen LogP contribution in [0.3, 0.4) is 0 Å². The zero-order valence-corrected chi connectivity index (χ0v) is 9.26. The SMILES string of the molecule is FC(F)(F)c1cccc(NC2CCOCC2)c1. The third-order valence-electron chi connectivity index (χ3n) is 2.78. The van der Waals surface area contributed by atoms with Gasteiger partial charge in [-0.05, 0) is 31.0 Å². The first-order valence-electron chi connectivity index (χ1n) is 5.57. The average Bonchev–Trinajstić information content (AvgIpc) is 2.29. The molecule has 0 aliphatic carbocycles. The van der Waals surface area contributed by atoms with Gasteiger partial charge in [0, 0.05) is 24.9 Å². The molecule has 17 heavy (non-hydrogen) atoms. The fraction of sp³-hybridized carbons (Fsp3) is 0.500. The molecule has 0 bridgehead atoms. The van der Waals surface area contributed by atoms with E-state index in [2.05, 4.69) is 5.32 Å². The van der Waals surface area contributed by atoms with Crippen LogP contribution in [0.2, 0.25) is 0 Å². The minimum absolute atomic E-state index is 0.201. The van der Waals surface area contributed by atoms with Crippen molar-refractivity contribution in [2.45, 2.75) is 25.1 Å². The number of nitrogens with one attached hydrogen (secondary N) is 1. The summed E-state index contributed by atoms with van der Waals surface area (Å²) in [6.07, 6.45) is -2.63. The van der Waals surface area contributed by atoms with E-state index in [9.17, 15) is 13.2 Å². The number of rotatable bonds is 2. The van der Waals surface area contributed by atoms with Gasteiger partial charge in [-0.3, -0.25) is 0 Å². The molecule has 5 heteroatoms. The highest BCUT2D eigenvalue weighted by Crippen LogP contribution is 2.31. The second-order valence-electron chi connectivity index (χ2n) is 4.11. The van der Waals surface area contributed by atoms with Crippen molar-refractivity contribution in [2.24, 2.45) is 0 Å². The minimum atomic E-state index is -4.28. The third kappa shape index (κ3) is 3.36. The van der Waals surface area contributed by atoms with Gasteiger partial charge in [-0.1, -0.05) is 6.07 Å². The molecule has 2 nitrogen and oxygen atoms in total. The Balaban J connectivity index is 2.05. The molecule has 1 saturated heterocycles. The van der Waals surface area contributed by atoms with Crippen molar-refractivity contribution in [3.05, 3.63) is 29.8 Å². The Bertz CT molecular complexity index is 372. The highest BCUT2D eigenvalue weighted by molar-refractivity contribution is 5.47. The van der Waals surface area contributed by atoms with Crippen LogP contribution in [0.1, 0.15) is 18.4 Å². The van der Waals surface area contributed by atoms with Crippen molar-refractivity contribution in [3.8, 4) is 0 Å². The van der Waals surface area contributed by atoms with Crippen LogP contribution in [0.5, 0.6) is 0 Å². The van der Waals surface area contributed by atoms with Crippen LogP contribution in [0.15, 0.2) is 24.3 Å². The van der Waals surface area contributed by atoms with Crippen LogP contribution < -0.4 is 5.32 Å². The molecule has 1 N–H and O–H groups in total. The highest BCUT2D eigenvalue weighted by Gasteiger charge is 2.30. The summed E-state index contributed by atoms with van der Waals surface area (Å²) in [6.45, 7) is 1.33. The van der Waals surface area contributed by atoms with Gasteiger partial charge in [-0.25, -0.2) is 0 Å². The Labute approximate surface area is 97.8 Å². The molecule has 1 aromatic carbocycles. The van der Waals surface area contributed by atoms with Gasteiger partial charge in [-0.15, -0.1) is 0 Å². The lowest BCUT2D eigenvalue weighted by molar-refractivity contribution is -0.137. The number of halogens is 3. The van der Waals surface area contributed by atoms with Gasteiger partial charge >= 0.3 is 6.18 Å². The average molecular weight is 245 g/mol. The zero-order chi connectivity index (χ0) is 12.3. The van der Waals surface area contributed by atoms with E-state index in [4.69, 9.17) is 4.74 Å². The topological polar surface area (TPSA) is 21.3 Å². The van der Waals surface area contributed by atoms with E-state index in [1.165, 1.54) is 6.07 Å². The summed E-state index contributed by atoms with van der Waals surface area (Å²) in [7, 11) is 0. The molecular formula is C12H14F3NO. The molecule has 0 unspecified atom stereocenters. The van der Waals surface area contributed by atoms with Crippen molar-refractivity contribution in [3.63, 3.8) is 0 Å². The lowest BCUT2D eigenvalue weighted by Gasteiger charge is -2.24. The molecule has 2 rings (SSSR count). The predicted octanol–water partition coefficient (Wildman–Crippen LogP) is 3.30. The maximum atomic E-state index is 12.5. The Morgan fingerprint density at radius 2 is 1.88 bits per heavy atom. The Hall–Kier alpha value is -1.23.